The summed E-state index contributed by atoms with van der Waals surface area (Å²) in [5.41, 5.74) is -0.0516. The molecule has 134 valence electrons. The third kappa shape index (κ3) is 3.66. The standard InChI is InChI=1S/C16H24N2O4S2/c1-17(24(20,21)15-5-4-12-23-15)13-14(19)18-9-7-16(8-10-18)6-2-3-11-22-16/h4-5,12H,2-3,6-11,13H2,1H3. The molecular weight excluding hydrogens is 348 g/mol. The first-order chi connectivity index (χ1) is 11.4. The molecule has 6 nitrogen and oxygen atoms in total. The number of ether oxygens (including phenoxy) is 1. The minimum Gasteiger partial charge on any atom is -0.375 e. The molecule has 2 fully saturated rings. The molecule has 2 aliphatic rings. The van der Waals surface area contributed by atoms with E-state index >= 15 is 0 Å². The fourth-order valence-corrected chi connectivity index (χ4v) is 5.73. The van der Waals surface area contributed by atoms with Crippen LogP contribution < -0.4 is 0 Å². The zero-order valence-electron chi connectivity index (χ0n) is 13.9. The SMILES string of the molecule is CN(CC(=O)N1CCC2(CCCCO2)CC1)S(=O)(=O)c1cccs1. The van der Waals surface area contributed by atoms with Crippen LogP contribution in [0.15, 0.2) is 21.7 Å². The van der Waals surface area contributed by atoms with Gasteiger partial charge in [-0.25, -0.2) is 8.42 Å². The number of carbonyl (C=O) groups is 1. The van der Waals surface area contributed by atoms with Crippen molar-refractivity contribution in [2.75, 3.05) is 33.3 Å². The van der Waals surface area contributed by atoms with Crippen LogP contribution in [0.4, 0.5) is 0 Å². The summed E-state index contributed by atoms with van der Waals surface area (Å²) < 4.78 is 32.2. The summed E-state index contributed by atoms with van der Waals surface area (Å²) in [6.07, 6.45) is 5.08. The summed E-state index contributed by atoms with van der Waals surface area (Å²) >= 11 is 1.16. The number of thiophene rings is 1. The zero-order valence-corrected chi connectivity index (χ0v) is 15.6. The predicted octanol–water partition coefficient (Wildman–Crippen LogP) is 1.93. The van der Waals surface area contributed by atoms with Gasteiger partial charge < -0.3 is 9.64 Å². The van der Waals surface area contributed by atoms with E-state index in [-0.39, 0.29) is 22.3 Å². The van der Waals surface area contributed by atoms with Gasteiger partial charge in [-0.15, -0.1) is 11.3 Å². The quantitative estimate of drug-likeness (QED) is 0.810. The van der Waals surface area contributed by atoms with Crippen molar-refractivity contribution in [3.63, 3.8) is 0 Å². The Hall–Kier alpha value is -0.960. The summed E-state index contributed by atoms with van der Waals surface area (Å²) in [6, 6.07) is 3.26. The number of sulfonamides is 1. The maximum Gasteiger partial charge on any atom is 0.252 e. The van der Waals surface area contributed by atoms with E-state index in [1.54, 1.807) is 22.4 Å². The van der Waals surface area contributed by atoms with E-state index in [1.165, 1.54) is 13.5 Å². The van der Waals surface area contributed by atoms with Crippen molar-refractivity contribution < 1.29 is 17.9 Å². The van der Waals surface area contributed by atoms with Crippen molar-refractivity contribution in [2.24, 2.45) is 0 Å². The highest BCUT2D eigenvalue weighted by Crippen LogP contribution is 2.34. The molecule has 0 unspecified atom stereocenters. The Morgan fingerprint density at radius 1 is 1.33 bits per heavy atom. The highest BCUT2D eigenvalue weighted by molar-refractivity contribution is 7.91. The average molecular weight is 373 g/mol. The Balaban J connectivity index is 1.56. The topological polar surface area (TPSA) is 66.9 Å². The number of likely N-dealkylation sites (tertiary alicyclic amines) is 1. The first-order valence-corrected chi connectivity index (χ1v) is 10.7. The Labute approximate surface area is 147 Å². The Morgan fingerprint density at radius 2 is 2.08 bits per heavy atom. The van der Waals surface area contributed by atoms with Crippen LogP contribution in [0.3, 0.4) is 0 Å². The largest absolute Gasteiger partial charge is 0.375 e. The van der Waals surface area contributed by atoms with Crippen molar-refractivity contribution >= 4 is 27.3 Å². The van der Waals surface area contributed by atoms with Gasteiger partial charge in [0.25, 0.3) is 10.0 Å². The molecule has 1 amide bonds. The lowest BCUT2D eigenvalue weighted by Gasteiger charge is -2.44. The van der Waals surface area contributed by atoms with Gasteiger partial charge in [-0.05, 0) is 43.6 Å². The normalized spacial score (nSPS) is 21.3. The second kappa shape index (κ2) is 7.11. The third-order valence-electron chi connectivity index (χ3n) is 4.98. The summed E-state index contributed by atoms with van der Waals surface area (Å²) in [5.74, 6) is -0.136. The molecule has 0 N–H and O–H groups in total. The number of rotatable bonds is 4. The van der Waals surface area contributed by atoms with Gasteiger partial charge in [-0.1, -0.05) is 6.07 Å². The van der Waals surface area contributed by atoms with Crippen LogP contribution in [-0.2, 0) is 19.6 Å². The number of likely N-dealkylation sites (N-methyl/N-ethyl adjacent to an activating group) is 1. The number of amides is 1. The molecule has 0 aliphatic carbocycles. The summed E-state index contributed by atoms with van der Waals surface area (Å²) in [7, 11) is -2.12. The van der Waals surface area contributed by atoms with Gasteiger partial charge >= 0.3 is 0 Å². The molecule has 0 radical (unpaired) electrons. The third-order valence-corrected chi connectivity index (χ3v) is 8.16. The first kappa shape index (κ1) is 17.8. The minimum atomic E-state index is -3.58. The van der Waals surface area contributed by atoms with Crippen LogP contribution in [0.25, 0.3) is 0 Å². The van der Waals surface area contributed by atoms with Gasteiger partial charge in [-0.2, -0.15) is 4.31 Å². The summed E-state index contributed by atoms with van der Waals surface area (Å²) in [6.45, 7) is 1.99. The van der Waals surface area contributed by atoms with E-state index < -0.39 is 10.0 Å². The van der Waals surface area contributed by atoms with Crippen LogP contribution in [0.2, 0.25) is 0 Å². The molecule has 1 aromatic rings. The average Bonchev–Trinajstić information content (AvgIpc) is 3.11. The molecule has 8 heteroatoms. The smallest absolute Gasteiger partial charge is 0.252 e. The van der Waals surface area contributed by atoms with Crippen molar-refractivity contribution in [3.8, 4) is 0 Å². The Morgan fingerprint density at radius 3 is 2.67 bits per heavy atom. The molecule has 0 bridgehead atoms. The molecule has 1 aromatic heterocycles. The first-order valence-electron chi connectivity index (χ1n) is 8.35. The molecule has 24 heavy (non-hydrogen) atoms. The minimum absolute atomic E-state index is 0.0516. The molecule has 3 rings (SSSR count). The Kier molecular flexibility index (Phi) is 5.29. The molecule has 0 aromatic carbocycles. The van der Waals surface area contributed by atoms with Gasteiger partial charge in [0.2, 0.25) is 5.91 Å². The second-order valence-corrected chi connectivity index (χ2v) is 9.78. The highest BCUT2D eigenvalue weighted by atomic mass is 32.2. The van der Waals surface area contributed by atoms with Gasteiger partial charge in [0, 0.05) is 26.7 Å². The number of hydrogen-bond donors (Lipinski definition) is 0. The van der Waals surface area contributed by atoms with E-state index in [9.17, 15) is 13.2 Å². The van der Waals surface area contributed by atoms with E-state index in [0.717, 1.165) is 47.9 Å². The fraction of sp³-hybridized carbons (Fsp3) is 0.688. The number of hydrogen-bond acceptors (Lipinski definition) is 5. The van der Waals surface area contributed by atoms with E-state index in [0.29, 0.717) is 13.1 Å². The van der Waals surface area contributed by atoms with Crippen molar-refractivity contribution in [1.29, 1.82) is 0 Å². The number of nitrogens with zero attached hydrogens (tertiary/aromatic N) is 2. The van der Waals surface area contributed by atoms with Crippen molar-refractivity contribution in [1.82, 2.24) is 9.21 Å². The number of piperidine rings is 1. The van der Waals surface area contributed by atoms with Crippen LogP contribution in [0, 0.1) is 0 Å². The van der Waals surface area contributed by atoms with Crippen LogP contribution in [0.1, 0.15) is 32.1 Å². The van der Waals surface area contributed by atoms with Crippen LogP contribution >= 0.6 is 11.3 Å². The maximum atomic E-state index is 12.5. The van der Waals surface area contributed by atoms with Gasteiger partial charge in [-0.3, -0.25) is 4.79 Å². The maximum absolute atomic E-state index is 12.5. The summed E-state index contributed by atoms with van der Waals surface area (Å²) in [4.78, 5) is 14.2. The predicted molar refractivity (Wildman–Crippen MR) is 92.5 cm³/mol. The lowest BCUT2D eigenvalue weighted by atomic mass is 9.84. The van der Waals surface area contributed by atoms with Gasteiger partial charge in [0.1, 0.15) is 4.21 Å². The molecule has 2 saturated heterocycles. The number of carbonyl (C=O) groups excluding carboxylic acids is 1. The monoisotopic (exact) mass is 372 g/mol. The fourth-order valence-electron chi connectivity index (χ4n) is 3.41. The lowest BCUT2D eigenvalue weighted by molar-refractivity contribution is -0.142. The molecule has 3 heterocycles. The molecule has 1 spiro atoms. The van der Waals surface area contributed by atoms with Crippen molar-refractivity contribution in [2.45, 2.75) is 41.9 Å². The lowest BCUT2D eigenvalue weighted by Crippen LogP contribution is -2.51. The van der Waals surface area contributed by atoms with Crippen LogP contribution in [-0.4, -0.2) is 62.4 Å². The second-order valence-electron chi connectivity index (χ2n) is 6.56. The Bertz CT molecular complexity index is 656. The molecule has 2 aliphatic heterocycles. The van der Waals surface area contributed by atoms with E-state index in [1.807, 2.05) is 0 Å². The van der Waals surface area contributed by atoms with Crippen molar-refractivity contribution in [3.05, 3.63) is 17.5 Å². The zero-order chi connectivity index (χ0) is 17.2. The summed E-state index contributed by atoms with van der Waals surface area (Å²) in [5, 5.41) is 1.72. The van der Waals surface area contributed by atoms with Gasteiger partial charge in [0.15, 0.2) is 0 Å². The van der Waals surface area contributed by atoms with Gasteiger partial charge in [0.05, 0.1) is 12.1 Å². The highest BCUT2D eigenvalue weighted by Gasteiger charge is 2.38. The molecule has 0 saturated carbocycles. The van der Waals surface area contributed by atoms with Crippen LogP contribution in [0.5, 0.6) is 0 Å². The van der Waals surface area contributed by atoms with E-state index in [2.05, 4.69) is 0 Å². The molecular formula is C16H24N2O4S2. The van der Waals surface area contributed by atoms with E-state index in [4.69, 9.17) is 4.74 Å². The molecule has 0 atom stereocenters.